The van der Waals surface area contributed by atoms with E-state index < -0.39 is 5.41 Å². The highest BCUT2D eigenvalue weighted by Crippen LogP contribution is 2.39. The Labute approximate surface area is 115 Å². The van der Waals surface area contributed by atoms with Gasteiger partial charge < -0.3 is 10.4 Å². The molecule has 2 saturated carbocycles. The fourth-order valence-corrected chi connectivity index (χ4v) is 3.50. The number of nitrogens with one attached hydrogen (secondary N) is 1. The molecule has 4 heteroatoms. The lowest BCUT2D eigenvalue weighted by Crippen LogP contribution is -2.46. The van der Waals surface area contributed by atoms with Gasteiger partial charge in [-0.2, -0.15) is 5.26 Å². The van der Waals surface area contributed by atoms with Crippen LogP contribution in [0, 0.1) is 22.2 Å². The molecule has 106 valence electrons. The number of aliphatic hydroxyl groups is 1. The summed E-state index contributed by atoms with van der Waals surface area (Å²) in [5.41, 5.74) is -0.950. The SMILES string of the molecule is N#CC1(C(=O)NCC2(CO)CCCCC2)CCCC1. The Hall–Kier alpha value is -1.08. The van der Waals surface area contributed by atoms with Gasteiger partial charge in [0.15, 0.2) is 0 Å². The molecule has 4 nitrogen and oxygen atoms in total. The first-order chi connectivity index (χ1) is 9.16. The molecule has 0 aromatic carbocycles. The van der Waals surface area contributed by atoms with E-state index in [1.54, 1.807) is 0 Å². The van der Waals surface area contributed by atoms with Crippen LogP contribution in [0.25, 0.3) is 0 Å². The van der Waals surface area contributed by atoms with Crippen molar-refractivity contribution in [2.75, 3.05) is 13.2 Å². The smallest absolute Gasteiger partial charge is 0.240 e. The molecule has 19 heavy (non-hydrogen) atoms. The van der Waals surface area contributed by atoms with E-state index in [1.165, 1.54) is 6.42 Å². The van der Waals surface area contributed by atoms with Gasteiger partial charge in [0, 0.05) is 12.0 Å². The van der Waals surface area contributed by atoms with Crippen molar-refractivity contribution in [1.29, 1.82) is 5.26 Å². The van der Waals surface area contributed by atoms with Crippen LogP contribution in [0.2, 0.25) is 0 Å². The topological polar surface area (TPSA) is 73.1 Å². The summed E-state index contributed by atoms with van der Waals surface area (Å²) < 4.78 is 0. The average Bonchev–Trinajstić information content (AvgIpc) is 2.96. The number of hydrogen-bond acceptors (Lipinski definition) is 3. The molecular formula is C15H24N2O2. The number of rotatable bonds is 4. The molecule has 0 aromatic rings. The molecule has 0 atom stereocenters. The van der Waals surface area contributed by atoms with Gasteiger partial charge in [0.2, 0.25) is 5.91 Å². The Balaban J connectivity index is 1.94. The number of aliphatic hydroxyl groups excluding tert-OH is 1. The van der Waals surface area contributed by atoms with E-state index in [1.807, 2.05) is 0 Å². The van der Waals surface area contributed by atoms with E-state index in [0.29, 0.717) is 19.4 Å². The molecule has 0 unspecified atom stereocenters. The molecule has 0 heterocycles. The van der Waals surface area contributed by atoms with Crippen LogP contribution in [0.5, 0.6) is 0 Å². The van der Waals surface area contributed by atoms with Crippen molar-refractivity contribution < 1.29 is 9.90 Å². The minimum atomic E-state index is -0.800. The van der Waals surface area contributed by atoms with Crippen molar-refractivity contribution >= 4 is 5.91 Å². The molecule has 0 radical (unpaired) electrons. The Bertz CT molecular complexity index is 361. The van der Waals surface area contributed by atoms with Crippen LogP contribution in [-0.4, -0.2) is 24.2 Å². The molecule has 0 bridgehead atoms. The maximum absolute atomic E-state index is 12.3. The Kier molecular flexibility index (Phi) is 4.46. The fourth-order valence-electron chi connectivity index (χ4n) is 3.50. The van der Waals surface area contributed by atoms with Crippen LogP contribution < -0.4 is 5.32 Å². The number of carbonyl (C=O) groups is 1. The summed E-state index contributed by atoms with van der Waals surface area (Å²) in [6.45, 7) is 0.651. The van der Waals surface area contributed by atoms with E-state index >= 15 is 0 Å². The lowest BCUT2D eigenvalue weighted by molar-refractivity contribution is -0.128. The number of hydrogen-bond donors (Lipinski definition) is 2. The average molecular weight is 264 g/mol. The van der Waals surface area contributed by atoms with Crippen LogP contribution in [0.3, 0.4) is 0 Å². The minimum absolute atomic E-state index is 0.120. The predicted octanol–water partition coefficient (Wildman–Crippen LogP) is 2.13. The third kappa shape index (κ3) is 2.92. The fraction of sp³-hybridized carbons (Fsp3) is 0.867. The first-order valence-electron chi connectivity index (χ1n) is 7.47. The van der Waals surface area contributed by atoms with Gasteiger partial charge in [-0.1, -0.05) is 32.1 Å². The van der Waals surface area contributed by atoms with Crippen molar-refractivity contribution in [2.45, 2.75) is 57.8 Å². The molecule has 0 aromatic heterocycles. The van der Waals surface area contributed by atoms with Crippen LogP contribution in [0.1, 0.15) is 57.8 Å². The van der Waals surface area contributed by atoms with E-state index in [4.69, 9.17) is 0 Å². The molecule has 1 amide bonds. The summed E-state index contributed by atoms with van der Waals surface area (Å²) >= 11 is 0. The van der Waals surface area contributed by atoms with Crippen LogP contribution >= 0.6 is 0 Å². The third-order valence-electron chi connectivity index (χ3n) is 4.98. The first kappa shape index (κ1) is 14.3. The molecule has 0 saturated heterocycles. The molecular weight excluding hydrogens is 240 g/mol. The van der Waals surface area contributed by atoms with Crippen molar-refractivity contribution in [1.82, 2.24) is 5.32 Å². The second-order valence-electron chi connectivity index (χ2n) is 6.30. The number of nitrogens with zero attached hydrogens (tertiary/aromatic N) is 1. The quantitative estimate of drug-likeness (QED) is 0.817. The summed E-state index contributed by atoms with van der Waals surface area (Å²) in [7, 11) is 0. The van der Waals surface area contributed by atoms with E-state index in [-0.39, 0.29) is 17.9 Å². The van der Waals surface area contributed by atoms with Crippen LogP contribution in [-0.2, 0) is 4.79 Å². The van der Waals surface area contributed by atoms with E-state index in [2.05, 4.69) is 11.4 Å². The standard InChI is InChI=1S/C15H24N2O2/c16-10-15(8-4-5-9-15)13(19)17-11-14(12-18)6-2-1-3-7-14/h18H,1-9,11-12H2,(H,17,19). The molecule has 0 aliphatic heterocycles. The van der Waals surface area contributed by atoms with Gasteiger partial charge in [0.25, 0.3) is 0 Å². The second kappa shape index (κ2) is 5.92. The van der Waals surface area contributed by atoms with Gasteiger partial charge in [-0.05, 0) is 25.7 Å². The third-order valence-corrected chi connectivity index (χ3v) is 4.98. The molecule has 2 aliphatic carbocycles. The molecule has 0 spiro atoms. The zero-order valence-corrected chi connectivity index (χ0v) is 11.6. The lowest BCUT2D eigenvalue weighted by atomic mass is 9.74. The molecule has 2 N–H and O–H groups in total. The lowest BCUT2D eigenvalue weighted by Gasteiger charge is -2.36. The number of nitriles is 1. The normalized spacial score (nSPS) is 24.6. The maximum atomic E-state index is 12.3. The number of carbonyl (C=O) groups excluding carboxylic acids is 1. The molecule has 2 aliphatic rings. The Morgan fingerprint density at radius 3 is 2.21 bits per heavy atom. The highest BCUT2D eigenvalue weighted by atomic mass is 16.3. The predicted molar refractivity (Wildman–Crippen MR) is 72.1 cm³/mol. The van der Waals surface area contributed by atoms with Gasteiger partial charge in [-0.15, -0.1) is 0 Å². The van der Waals surface area contributed by atoms with Crippen molar-refractivity contribution in [2.24, 2.45) is 10.8 Å². The van der Waals surface area contributed by atoms with Crippen LogP contribution in [0.4, 0.5) is 0 Å². The van der Waals surface area contributed by atoms with Crippen molar-refractivity contribution in [3.05, 3.63) is 0 Å². The maximum Gasteiger partial charge on any atom is 0.240 e. The number of amides is 1. The summed E-state index contributed by atoms with van der Waals surface area (Å²) in [4.78, 5) is 12.3. The highest BCUT2D eigenvalue weighted by molar-refractivity contribution is 5.85. The van der Waals surface area contributed by atoms with Gasteiger partial charge >= 0.3 is 0 Å². The molecule has 2 rings (SSSR count). The minimum Gasteiger partial charge on any atom is -0.396 e. The van der Waals surface area contributed by atoms with Crippen molar-refractivity contribution in [3.63, 3.8) is 0 Å². The summed E-state index contributed by atoms with van der Waals surface area (Å²) in [5.74, 6) is -0.120. The highest BCUT2D eigenvalue weighted by Gasteiger charge is 2.42. The van der Waals surface area contributed by atoms with E-state index in [9.17, 15) is 15.2 Å². The van der Waals surface area contributed by atoms with Gasteiger partial charge in [0.05, 0.1) is 12.7 Å². The first-order valence-corrected chi connectivity index (χ1v) is 7.47. The molecule has 2 fully saturated rings. The second-order valence-corrected chi connectivity index (χ2v) is 6.30. The largest absolute Gasteiger partial charge is 0.396 e. The van der Waals surface area contributed by atoms with E-state index in [0.717, 1.165) is 38.5 Å². The van der Waals surface area contributed by atoms with Gasteiger partial charge in [-0.3, -0.25) is 4.79 Å². The van der Waals surface area contributed by atoms with Gasteiger partial charge in [-0.25, -0.2) is 0 Å². The summed E-state index contributed by atoms with van der Waals surface area (Å²) in [6, 6.07) is 2.22. The zero-order valence-electron chi connectivity index (χ0n) is 11.6. The Morgan fingerprint density at radius 1 is 1.11 bits per heavy atom. The zero-order chi connectivity index (χ0) is 13.8. The van der Waals surface area contributed by atoms with Gasteiger partial charge in [0.1, 0.15) is 5.41 Å². The van der Waals surface area contributed by atoms with Crippen molar-refractivity contribution in [3.8, 4) is 6.07 Å². The summed E-state index contributed by atoms with van der Waals surface area (Å²) in [6.07, 6.45) is 8.71. The summed E-state index contributed by atoms with van der Waals surface area (Å²) in [5, 5.41) is 21.9. The van der Waals surface area contributed by atoms with Crippen LogP contribution in [0.15, 0.2) is 0 Å². The monoisotopic (exact) mass is 264 g/mol. The Morgan fingerprint density at radius 2 is 1.68 bits per heavy atom.